The van der Waals surface area contributed by atoms with Gasteiger partial charge < -0.3 is 19.5 Å². The van der Waals surface area contributed by atoms with Crippen LogP contribution in [0.2, 0.25) is 0 Å². The van der Waals surface area contributed by atoms with Crippen LogP contribution in [0.4, 0.5) is 0 Å². The summed E-state index contributed by atoms with van der Waals surface area (Å²) in [5, 5.41) is 2.88. The maximum atomic E-state index is 11.6. The lowest BCUT2D eigenvalue weighted by molar-refractivity contribution is -0.143. The molecule has 0 fully saturated rings. The first-order valence-corrected chi connectivity index (χ1v) is 5.15. The summed E-state index contributed by atoms with van der Waals surface area (Å²) >= 11 is 0. The Bertz CT molecular complexity index is 392. The number of hydrogen-bond donors (Lipinski definition) is 1. The Morgan fingerprint density at radius 2 is 1.94 bits per heavy atom. The molecule has 5 nitrogen and oxygen atoms in total. The second-order valence-electron chi connectivity index (χ2n) is 3.33. The molecule has 5 heteroatoms. The SMILES string of the molecule is CNC(C(=O)OC)c1cccc(OC)c1OC. The Labute approximate surface area is 101 Å². The normalized spacial score (nSPS) is 11.8. The van der Waals surface area contributed by atoms with Gasteiger partial charge in [-0.25, -0.2) is 4.79 Å². The Morgan fingerprint density at radius 3 is 2.41 bits per heavy atom. The average molecular weight is 239 g/mol. The van der Waals surface area contributed by atoms with Crippen molar-refractivity contribution in [3.05, 3.63) is 23.8 Å². The second-order valence-corrected chi connectivity index (χ2v) is 3.33. The highest BCUT2D eigenvalue weighted by Crippen LogP contribution is 2.34. The minimum Gasteiger partial charge on any atom is -0.493 e. The molecule has 0 aliphatic rings. The van der Waals surface area contributed by atoms with Crippen LogP contribution in [0.15, 0.2) is 18.2 Å². The summed E-state index contributed by atoms with van der Waals surface area (Å²) in [7, 11) is 6.11. The zero-order chi connectivity index (χ0) is 12.8. The van der Waals surface area contributed by atoms with E-state index >= 15 is 0 Å². The van der Waals surface area contributed by atoms with E-state index in [2.05, 4.69) is 5.32 Å². The van der Waals surface area contributed by atoms with E-state index in [1.807, 2.05) is 0 Å². The van der Waals surface area contributed by atoms with Gasteiger partial charge in [-0.15, -0.1) is 0 Å². The van der Waals surface area contributed by atoms with E-state index in [4.69, 9.17) is 14.2 Å². The molecule has 1 N–H and O–H groups in total. The van der Waals surface area contributed by atoms with Crippen LogP contribution in [0.5, 0.6) is 11.5 Å². The summed E-state index contributed by atoms with van der Waals surface area (Å²) in [6, 6.07) is 4.78. The number of esters is 1. The van der Waals surface area contributed by atoms with Crippen LogP contribution in [0.1, 0.15) is 11.6 Å². The molecule has 0 bridgehead atoms. The molecule has 1 atom stereocenters. The van der Waals surface area contributed by atoms with E-state index < -0.39 is 6.04 Å². The first-order chi connectivity index (χ1) is 8.19. The van der Waals surface area contributed by atoms with Gasteiger partial charge in [-0.3, -0.25) is 0 Å². The van der Waals surface area contributed by atoms with Crippen LogP contribution < -0.4 is 14.8 Å². The predicted octanol–water partition coefficient (Wildman–Crippen LogP) is 1.14. The third-order valence-electron chi connectivity index (χ3n) is 2.47. The molecule has 0 aliphatic heterocycles. The summed E-state index contributed by atoms with van der Waals surface area (Å²) in [4.78, 5) is 11.6. The van der Waals surface area contributed by atoms with Crippen LogP contribution in [0.25, 0.3) is 0 Å². The van der Waals surface area contributed by atoms with Crippen molar-refractivity contribution in [3.63, 3.8) is 0 Å². The lowest BCUT2D eigenvalue weighted by Crippen LogP contribution is -2.27. The van der Waals surface area contributed by atoms with Crippen LogP contribution in [0.3, 0.4) is 0 Å². The fourth-order valence-corrected chi connectivity index (χ4v) is 1.66. The van der Waals surface area contributed by atoms with Gasteiger partial charge in [-0.1, -0.05) is 12.1 Å². The first-order valence-electron chi connectivity index (χ1n) is 5.15. The van der Waals surface area contributed by atoms with Crippen molar-refractivity contribution in [2.24, 2.45) is 0 Å². The smallest absolute Gasteiger partial charge is 0.327 e. The lowest BCUT2D eigenvalue weighted by atomic mass is 10.1. The van der Waals surface area contributed by atoms with Gasteiger partial charge in [0.15, 0.2) is 11.5 Å². The van der Waals surface area contributed by atoms with Crippen molar-refractivity contribution < 1.29 is 19.0 Å². The maximum Gasteiger partial charge on any atom is 0.327 e. The van der Waals surface area contributed by atoms with Crippen molar-refractivity contribution in [1.82, 2.24) is 5.32 Å². The Morgan fingerprint density at radius 1 is 1.24 bits per heavy atom. The zero-order valence-corrected chi connectivity index (χ0v) is 10.4. The number of para-hydroxylation sites is 1. The average Bonchev–Trinajstić information content (AvgIpc) is 2.38. The van der Waals surface area contributed by atoms with Crippen LogP contribution in [0, 0.1) is 0 Å². The molecule has 17 heavy (non-hydrogen) atoms. The van der Waals surface area contributed by atoms with Crippen molar-refractivity contribution in [2.45, 2.75) is 6.04 Å². The highest BCUT2D eigenvalue weighted by atomic mass is 16.5. The molecule has 0 spiro atoms. The maximum absolute atomic E-state index is 11.6. The van der Waals surface area contributed by atoms with Gasteiger partial charge in [0, 0.05) is 5.56 Å². The lowest BCUT2D eigenvalue weighted by Gasteiger charge is -2.18. The molecule has 0 aliphatic carbocycles. The summed E-state index contributed by atoms with van der Waals surface area (Å²) < 4.78 is 15.2. The fraction of sp³-hybridized carbons (Fsp3) is 0.417. The topological polar surface area (TPSA) is 56.8 Å². The van der Waals surface area contributed by atoms with E-state index in [1.54, 1.807) is 32.4 Å². The third-order valence-corrected chi connectivity index (χ3v) is 2.47. The third kappa shape index (κ3) is 2.68. The van der Waals surface area contributed by atoms with E-state index in [0.717, 1.165) is 0 Å². The highest BCUT2D eigenvalue weighted by molar-refractivity contribution is 5.79. The van der Waals surface area contributed by atoms with Crippen LogP contribution in [-0.2, 0) is 9.53 Å². The van der Waals surface area contributed by atoms with Gasteiger partial charge >= 0.3 is 5.97 Å². The second kappa shape index (κ2) is 6.10. The molecule has 0 saturated carbocycles. The number of hydrogen-bond acceptors (Lipinski definition) is 5. The number of methoxy groups -OCH3 is 3. The van der Waals surface area contributed by atoms with Crippen molar-refractivity contribution in [3.8, 4) is 11.5 Å². The van der Waals surface area contributed by atoms with Gasteiger partial charge in [0.25, 0.3) is 0 Å². The van der Waals surface area contributed by atoms with Gasteiger partial charge in [0.2, 0.25) is 0 Å². The summed E-state index contributed by atoms with van der Waals surface area (Å²) in [5.74, 6) is 0.730. The summed E-state index contributed by atoms with van der Waals surface area (Å²) in [6.45, 7) is 0. The van der Waals surface area contributed by atoms with Crippen molar-refractivity contribution in [2.75, 3.05) is 28.4 Å². The molecular weight excluding hydrogens is 222 g/mol. The molecule has 1 aromatic rings. The monoisotopic (exact) mass is 239 g/mol. The van der Waals surface area contributed by atoms with E-state index in [-0.39, 0.29) is 5.97 Å². The molecule has 0 amide bonds. The molecular formula is C12H17NO4. The Balaban J connectivity index is 3.23. The molecule has 0 radical (unpaired) electrons. The molecule has 94 valence electrons. The molecule has 0 saturated heterocycles. The predicted molar refractivity (Wildman–Crippen MR) is 63.4 cm³/mol. The van der Waals surface area contributed by atoms with Crippen LogP contribution >= 0.6 is 0 Å². The van der Waals surface area contributed by atoms with E-state index in [0.29, 0.717) is 17.1 Å². The fourth-order valence-electron chi connectivity index (χ4n) is 1.66. The number of nitrogens with one attached hydrogen (secondary N) is 1. The molecule has 1 aromatic carbocycles. The molecule has 1 rings (SSSR count). The Hall–Kier alpha value is -1.75. The van der Waals surface area contributed by atoms with Crippen LogP contribution in [-0.4, -0.2) is 34.3 Å². The highest BCUT2D eigenvalue weighted by Gasteiger charge is 2.24. The van der Waals surface area contributed by atoms with Gasteiger partial charge in [-0.05, 0) is 13.1 Å². The standard InChI is InChI=1S/C12H17NO4/c1-13-10(12(14)17-4)8-6-5-7-9(15-2)11(8)16-3/h5-7,10,13H,1-4H3. The number of likely N-dealkylation sites (N-methyl/N-ethyl adjacent to an activating group) is 1. The quantitative estimate of drug-likeness (QED) is 0.781. The van der Waals surface area contributed by atoms with E-state index in [9.17, 15) is 4.79 Å². The number of carbonyl (C=O) groups is 1. The number of rotatable bonds is 5. The van der Waals surface area contributed by atoms with Gasteiger partial charge in [-0.2, -0.15) is 0 Å². The summed E-state index contributed by atoms with van der Waals surface area (Å²) in [5.41, 5.74) is 0.682. The largest absolute Gasteiger partial charge is 0.493 e. The Kier molecular flexibility index (Phi) is 4.78. The number of carbonyl (C=O) groups excluding carboxylic acids is 1. The number of benzene rings is 1. The van der Waals surface area contributed by atoms with Crippen molar-refractivity contribution in [1.29, 1.82) is 0 Å². The number of ether oxygens (including phenoxy) is 3. The minimum atomic E-state index is -0.579. The minimum absolute atomic E-state index is 0.376. The molecule has 1 unspecified atom stereocenters. The summed E-state index contributed by atoms with van der Waals surface area (Å²) in [6.07, 6.45) is 0. The molecule has 0 aromatic heterocycles. The first kappa shape index (κ1) is 13.3. The molecule has 0 heterocycles. The van der Waals surface area contributed by atoms with Gasteiger partial charge in [0.1, 0.15) is 6.04 Å². The zero-order valence-electron chi connectivity index (χ0n) is 10.4. The van der Waals surface area contributed by atoms with Gasteiger partial charge in [0.05, 0.1) is 21.3 Å². The van der Waals surface area contributed by atoms with E-state index in [1.165, 1.54) is 14.2 Å². The van der Waals surface area contributed by atoms with Crippen molar-refractivity contribution >= 4 is 5.97 Å².